The van der Waals surface area contributed by atoms with Crippen LogP contribution in [-0.4, -0.2) is 23.5 Å². The Morgan fingerprint density at radius 2 is 1.89 bits per heavy atom. The van der Waals surface area contributed by atoms with E-state index in [1.54, 1.807) is 20.8 Å². The molecular formula is C24H22ClF3N4O3. The van der Waals surface area contributed by atoms with Crippen molar-refractivity contribution in [1.29, 1.82) is 0 Å². The first-order valence-corrected chi connectivity index (χ1v) is 10.6. The number of benzene rings is 2. The third kappa shape index (κ3) is 6.42. The number of rotatable bonds is 6. The van der Waals surface area contributed by atoms with E-state index >= 15 is 0 Å². The minimum Gasteiger partial charge on any atom is -0.457 e. The Morgan fingerprint density at radius 1 is 1.14 bits per heavy atom. The molecule has 3 aromatic rings. The standard InChI is InChI=1S/C24H22ClF3N4O3/c1-4-29-22(33)20-12-16(9-10-30-20)35-21-8-7-19(13(2)14(21)3)32-23(34)31-15-5-6-18(25)17(11-15)24(26,27)28/h5-12H,4H2,1-3H3,(H,29,33)(H2,31,32,34)/i9D,10D,12D. The van der Waals surface area contributed by atoms with E-state index in [0.29, 0.717) is 16.8 Å². The van der Waals surface area contributed by atoms with Crippen LogP contribution in [0.15, 0.2) is 48.6 Å². The summed E-state index contributed by atoms with van der Waals surface area (Å²) in [4.78, 5) is 28.4. The van der Waals surface area contributed by atoms with Gasteiger partial charge in [-0.05, 0) is 68.3 Å². The van der Waals surface area contributed by atoms with Gasteiger partial charge < -0.3 is 20.7 Å². The van der Waals surface area contributed by atoms with Crippen LogP contribution in [0.4, 0.5) is 29.3 Å². The lowest BCUT2D eigenvalue weighted by Crippen LogP contribution is -2.23. The van der Waals surface area contributed by atoms with Crippen LogP contribution < -0.4 is 20.7 Å². The van der Waals surface area contributed by atoms with Crippen LogP contribution in [0.5, 0.6) is 11.5 Å². The topological polar surface area (TPSA) is 92.3 Å². The molecule has 0 atom stereocenters. The average Bonchev–Trinajstić information content (AvgIpc) is 2.84. The maximum absolute atomic E-state index is 13.1. The number of urea groups is 1. The molecule has 0 saturated heterocycles. The van der Waals surface area contributed by atoms with Crippen LogP contribution in [0.2, 0.25) is 5.02 Å². The first-order valence-electron chi connectivity index (χ1n) is 11.7. The van der Waals surface area contributed by atoms with Gasteiger partial charge >= 0.3 is 12.2 Å². The number of anilines is 2. The Kier molecular flexibility index (Phi) is 6.61. The summed E-state index contributed by atoms with van der Waals surface area (Å²) < 4.78 is 69.3. The second-order valence-corrected chi connectivity index (χ2v) is 7.65. The molecule has 0 unspecified atom stereocenters. The summed E-state index contributed by atoms with van der Waals surface area (Å²) in [6.07, 6.45) is -5.24. The molecule has 2 aromatic carbocycles. The fourth-order valence-corrected chi connectivity index (χ4v) is 3.19. The fraction of sp³-hybridized carbons (Fsp3) is 0.208. The Balaban J connectivity index is 1.84. The molecule has 0 saturated carbocycles. The molecule has 0 radical (unpaired) electrons. The minimum atomic E-state index is -4.69. The van der Waals surface area contributed by atoms with Crippen molar-refractivity contribution in [3.63, 3.8) is 0 Å². The van der Waals surface area contributed by atoms with Crippen molar-refractivity contribution in [1.82, 2.24) is 10.3 Å². The summed E-state index contributed by atoms with van der Waals surface area (Å²) in [6, 6.07) is 4.13. The number of carbonyl (C=O) groups excluding carboxylic acids is 2. The van der Waals surface area contributed by atoms with Crippen molar-refractivity contribution < 1.29 is 31.6 Å². The normalized spacial score (nSPS) is 12.3. The number of hydrogen-bond donors (Lipinski definition) is 3. The van der Waals surface area contributed by atoms with E-state index in [0.717, 1.165) is 12.1 Å². The van der Waals surface area contributed by atoms with Crippen molar-refractivity contribution in [2.24, 2.45) is 0 Å². The molecule has 0 spiro atoms. The Bertz CT molecular complexity index is 1420. The van der Waals surface area contributed by atoms with Crippen LogP contribution >= 0.6 is 11.6 Å². The van der Waals surface area contributed by atoms with Crippen molar-refractivity contribution in [3.8, 4) is 11.5 Å². The molecule has 11 heteroatoms. The molecule has 35 heavy (non-hydrogen) atoms. The maximum Gasteiger partial charge on any atom is 0.417 e. The second kappa shape index (κ2) is 10.6. The molecule has 1 aromatic heterocycles. The molecule has 0 aliphatic carbocycles. The third-order valence-electron chi connectivity index (χ3n) is 4.85. The van der Waals surface area contributed by atoms with Gasteiger partial charge in [0.25, 0.3) is 5.91 Å². The largest absolute Gasteiger partial charge is 0.457 e. The van der Waals surface area contributed by atoms with Gasteiger partial charge in [0.2, 0.25) is 0 Å². The lowest BCUT2D eigenvalue weighted by Gasteiger charge is -2.16. The molecule has 0 bridgehead atoms. The predicted molar refractivity (Wildman–Crippen MR) is 127 cm³/mol. The fourth-order valence-electron chi connectivity index (χ4n) is 2.96. The maximum atomic E-state index is 13.1. The summed E-state index contributed by atoms with van der Waals surface area (Å²) in [7, 11) is 0. The summed E-state index contributed by atoms with van der Waals surface area (Å²) in [5.41, 5.74) is -0.236. The Labute approximate surface area is 208 Å². The highest BCUT2D eigenvalue weighted by atomic mass is 35.5. The second-order valence-electron chi connectivity index (χ2n) is 7.25. The Hall–Kier alpha value is -3.79. The lowest BCUT2D eigenvalue weighted by molar-refractivity contribution is -0.137. The van der Waals surface area contributed by atoms with Gasteiger partial charge in [-0.1, -0.05) is 11.6 Å². The van der Waals surface area contributed by atoms with Crippen LogP contribution in [0, 0.1) is 13.8 Å². The van der Waals surface area contributed by atoms with Crippen LogP contribution in [0.1, 0.15) is 38.2 Å². The Morgan fingerprint density at radius 3 is 2.57 bits per heavy atom. The summed E-state index contributed by atoms with van der Waals surface area (Å²) >= 11 is 5.61. The molecule has 184 valence electrons. The van der Waals surface area contributed by atoms with E-state index in [2.05, 4.69) is 20.9 Å². The van der Waals surface area contributed by atoms with Crippen LogP contribution in [0.25, 0.3) is 0 Å². The minimum absolute atomic E-state index is 0.119. The van der Waals surface area contributed by atoms with Gasteiger partial charge in [0.05, 0.1) is 14.7 Å². The zero-order valence-corrected chi connectivity index (χ0v) is 19.5. The number of hydrogen-bond acceptors (Lipinski definition) is 4. The van der Waals surface area contributed by atoms with E-state index in [1.807, 2.05) is 0 Å². The summed E-state index contributed by atoms with van der Waals surface area (Å²) in [6.45, 7) is 5.24. The summed E-state index contributed by atoms with van der Waals surface area (Å²) in [5, 5.41) is 6.86. The number of alkyl halides is 3. The first kappa shape index (κ1) is 21.7. The van der Waals surface area contributed by atoms with Gasteiger partial charge in [0, 0.05) is 30.1 Å². The summed E-state index contributed by atoms with van der Waals surface area (Å²) in [5.74, 6) is -0.830. The first-order chi connectivity index (χ1) is 17.7. The van der Waals surface area contributed by atoms with Gasteiger partial charge in [0.1, 0.15) is 17.2 Å². The van der Waals surface area contributed by atoms with Gasteiger partial charge in [-0.25, -0.2) is 4.79 Å². The highest BCUT2D eigenvalue weighted by molar-refractivity contribution is 6.31. The van der Waals surface area contributed by atoms with Gasteiger partial charge in [-0.3, -0.25) is 9.78 Å². The van der Waals surface area contributed by atoms with Crippen molar-refractivity contribution in [2.75, 3.05) is 17.2 Å². The molecule has 3 rings (SSSR count). The number of ether oxygens (including phenoxy) is 1. The van der Waals surface area contributed by atoms with E-state index in [4.69, 9.17) is 20.5 Å². The smallest absolute Gasteiger partial charge is 0.417 e. The number of nitrogens with one attached hydrogen (secondary N) is 3. The highest BCUT2D eigenvalue weighted by Crippen LogP contribution is 2.36. The highest BCUT2D eigenvalue weighted by Gasteiger charge is 2.33. The lowest BCUT2D eigenvalue weighted by atomic mass is 10.1. The molecule has 3 N–H and O–H groups in total. The molecule has 0 fully saturated rings. The zero-order valence-electron chi connectivity index (χ0n) is 21.8. The van der Waals surface area contributed by atoms with E-state index in [1.165, 1.54) is 18.2 Å². The van der Waals surface area contributed by atoms with Crippen LogP contribution in [-0.2, 0) is 6.18 Å². The average molecular weight is 510 g/mol. The number of aromatic nitrogens is 1. The van der Waals surface area contributed by atoms with E-state index in [9.17, 15) is 22.8 Å². The van der Waals surface area contributed by atoms with Crippen molar-refractivity contribution in [2.45, 2.75) is 26.9 Å². The molecule has 3 amide bonds. The monoisotopic (exact) mass is 509 g/mol. The predicted octanol–water partition coefficient (Wildman–Crippen LogP) is 6.56. The van der Waals surface area contributed by atoms with Gasteiger partial charge in [-0.2, -0.15) is 13.2 Å². The van der Waals surface area contributed by atoms with E-state index < -0.39 is 47.0 Å². The number of amides is 3. The third-order valence-corrected chi connectivity index (χ3v) is 5.18. The number of nitrogens with zero attached hydrogens (tertiary/aromatic N) is 1. The SMILES string of the molecule is [2H]c1nc(C(=O)NCC)c([2H])c(Oc2ccc(NC(=O)Nc3ccc(Cl)c(C(F)(F)F)c3)c(C)c2C)c1[2H]. The van der Waals surface area contributed by atoms with Gasteiger partial charge in [-0.15, -0.1) is 0 Å². The number of pyridine rings is 1. The molecule has 0 aliphatic rings. The zero-order chi connectivity index (χ0) is 28.4. The molecular weight excluding hydrogens is 485 g/mol. The van der Waals surface area contributed by atoms with Gasteiger partial charge in [0.15, 0.2) is 0 Å². The number of carbonyl (C=O) groups is 2. The van der Waals surface area contributed by atoms with Crippen molar-refractivity contribution in [3.05, 3.63) is 76.0 Å². The number of halogens is 4. The van der Waals surface area contributed by atoms with Crippen LogP contribution in [0.3, 0.4) is 0 Å². The quantitative estimate of drug-likeness (QED) is 0.351. The van der Waals surface area contributed by atoms with E-state index in [-0.39, 0.29) is 29.4 Å². The van der Waals surface area contributed by atoms with Crippen molar-refractivity contribution >= 4 is 34.9 Å². The molecule has 7 nitrogen and oxygen atoms in total. The molecule has 0 aliphatic heterocycles. The molecule has 1 heterocycles.